The summed E-state index contributed by atoms with van der Waals surface area (Å²) in [5, 5.41) is 14.8. The highest BCUT2D eigenvalue weighted by atomic mass is 16.1. The molecule has 3 N–H and O–H groups in total. The number of aromatic nitrogens is 5. The standard InChI is InChI=1S/C23H24N8O/c1-31-14-17(12-27-31)20-3-2-15-11-26-22(9-21(15)29-20)30-23(32)16-8-19(13-25-10-16)28-18-4-6-24-7-5-18/h2-3,8-14,18,24,28H,4-7H2,1H3,(H,26,30,32). The number of aryl methyl sites for hydroxylation is 1. The van der Waals surface area contributed by atoms with Gasteiger partial charge in [0, 0.05) is 54.9 Å². The number of rotatable bonds is 5. The Bertz CT molecular complexity index is 1260. The van der Waals surface area contributed by atoms with E-state index in [0.29, 0.717) is 17.4 Å². The van der Waals surface area contributed by atoms with Gasteiger partial charge in [-0.2, -0.15) is 5.10 Å². The lowest BCUT2D eigenvalue weighted by atomic mass is 10.1. The molecule has 0 spiro atoms. The Hall–Kier alpha value is -3.85. The van der Waals surface area contributed by atoms with Crippen LogP contribution in [0.5, 0.6) is 0 Å². The molecule has 0 unspecified atom stereocenters. The van der Waals surface area contributed by atoms with E-state index in [1.165, 1.54) is 0 Å². The first-order valence-electron chi connectivity index (χ1n) is 10.6. The van der Waals surface area contributed by atoms with E-state index in [1.807, 2.05) is 31.4 Å². The summed E-state index contributed by atoms with van der Waals surface area (Å²) < 4.78 is 1.74. The van der Waals surface area contributed by atoms with Crippen molar-refractivity contribution in [3.63, 3.8) is 0 Å². The van der Waals surface area contributed by atoms with Gasteiger partial charge in [-0.05, 0) is 44.1 Å². The van der Waals surface area contributed by atoms with Crippen LogP contribution in [0.3, 0.4) is 0 Å². The van der Waals surface area contributed by atoms with Crippen molar-refractivity contribution in [1.29, 1.82) is 0 Å². The van der Waals surface area contributed by atoms with Crippen LogP contribution in [0.15, 0.2) is 55.2 Å². The number of hydrogen-bond acceptors (Lipinski definition) is 7. The number of carbonyl (C=O) groups excluding carboxylic acids is 1. The highest BCUT2D eigenvalue weighted by molar-refractivity contribution is 6.04. The Balaban J connectivity index is 1.33. The van der Waals surface area contributed by atoms with Crippen LogP contribution in [0, 0.1) is 0 Å². The predicted octanol–water partition coefficient (Wildman–Crippen LogP) is 2.84. The number of anilines is 2. The molecule has 5 heterocycles. The molecular formula is C23H24N8O. The molecule has 32 heavy (non-hydrogen) atoms. The number of nitrogens with zero attached hydrogens (tertiary/aromatic N) is 5. The lowest BCUT2D eigenvalue weighted by Crippen LogP contribution is -2.35. The summed E-state index contributed by atoms with van der Waals surface area (Å²) in [5.74, 6) is 0.178. The molecule has 4 aromatic rings. The van der Waals surface area contributed by atoms with Crippen molar-refractivity contribution in [2.75, 3.05) is 23.7 Å². The third kappa shape index (κ3) is 4.42. The van der Waals surface area contributed by atoms with E-state index in [1.54, 1.807) is 35.5 Å². The fraction of sp³-hybridized carbons (Fsp3) is 0.261. The fourth-order valence-electron chi connectivity index (χ4n) is 3.83. The Labute approximate surface area is 185 Å². The summed E-state index contributed by atoms with van der Waals surface area (Å²) in [6.45, 7) is 1.99. The first-order valence-corrected chi connectivity index (χ1v) is 10.6. The highest BCUT2D eigenvalue weighted by Crippen LogP contribution is 2.22. The van der Waals surface area contributed by atoms with Gasteiger partial charge in [0.2, 0.25) is 0 Å². The summed E-state index contributed by atoms with van der Waals surface area (Å²) in [6.07, 6.45) is 10.8. The van der Waals surface area contributed by atoms with Crippen LogP contribution in [0.2, 0.25) is 0 Å². The van der Waals surface area contributed by atoms with Gasteiger partial charge in [0.15, 0.2) is 0 Å². The van der Waals surface area contributed by atoms with Crippen LogP contribution < -0.4 is 16.0 Å². The van der Waals surface area contributed by atoms with Crippen LogP contribution in [-0.4, -0.2) is 49.8 Å². The van der Waals surface area contributed by atoms with E-state index in [2.05, 4.69) is 31.0 Å². The van der Waals surface area contributed by atoms with Crippen LogP contribution in [0.25, 0.3) is 22.2 Å². The summed E-state index contributed by atoms with van der Waals surface area (Å²) >= 11 is 0. The van der Waals surface area contributed by atoms with E-state index in [4.69, 9.17) is 4.98 Å². The number of piperidine rings is 1. The van der Waals surface area contributed by atoms with Gasteiger partial charge in [0.05, 0.1) is 28.7 Å². The zero-order chi connectivity index (χ0) is 21.9. The average Bonchev–Trinajstić information content (AvgIpc) is 3.26. The zero-order valence-electron chi connectivity index (χ0n) is 17.7. The quantitative estimate of drug-likeness (QED) is 0.448. The first kappa shape index (κ1) is 20.1. The van der Waals surface area contributed by atoms with Gasteiger partial charge in [-0.1, -0.05) is 0 Å². The van der Waals surface area contributed by atoms with E-state index in [-0.39, 0.29) is 5.91 Å². The Kier molecular flexibility index (Phi) is 5.47. The van der Waals surface area contributed by atoms with Gasteiger partial charge in [0.25, 0.3) is 5.91 Å². The van der Waals surface area contributed by atoms with Gasteiger partial charge in [-0.3, -0.25) is 14.5 Å². The van der Waals surface area contributed by atoms with Crippen LogP contribution >= 0.6 is 0 Å². The van der Waals surface area contributed by atoms with Crippen molar-refractivity contribution < 1.29 is 4.79 Å². The third-order valence-corrected chi connectivity index (χ3v) is 5.53. The minimum Gasteiger partial charge on any atom is -0.381 e. The molecule has 9 heteroatoms. The smallest absolute Gasteiger partial charge is 0.258 e. The van der Waals surface area contributed by atoms with Crippen molar-refractivity contribution >= 4 is 28.3 Å². The average molecular weight is 429 g/mol. The maximum absolute atomic E-state index is 12.8. The number of fused-ring (bicyclic) bond motifs is 1. The molecule has 0 radical (unpaired) electrons. The van der Waals surface area contributed by atoms with Gasteiger partial charge >= 0.3 is 0 Å². The molecule has 0 aliphatic carbocycles. The maximum Gasteiger partial charge on any atom is 0.258 e. The normalized spacial score (nSPS) is 14.4. The third-order valence-electron chi connectivity index (χ3n) is 5.53. The molecule has 1 aliphatic rings. The van der Waals surface area contributed by atoms with Gasteiger partial charge in [0.1, 0.15) is 5.82 Å². The van der Waals surface area contributed by atoms with Crippen LogP contribution in [0.4, 0.5) is 11.5 Å². The molecule has 0 atom stereocenters. The molecule has 4 aromatic heterocycles. The van der Waals surface area contributed by atoms with Crippen molar-refractivity contribution in [2.24, 2.45) is 7.05 Å². The molecule has 9 nitrogen and oxygen atoms in total. The molecule has 1 amide bonds. The number of hydrogen-bond donors (Lipinski definition) is 3. The van der Waals surface area contributed by atoms with E-state index < -0.39 is 0 Å². The molecule has 0 bridgehead atoms. The molecule has 1 saturated heterocycles. The maximum atomic E-state index is 12.8. The van der Waals surface area contributed by atoms with E-state index >= 15 is 0 Å². The predicted molar refractivity (Wildman–Crippen MR) is 123 cm³/mol. The van der Waals surface area contributed by atoms with Crippen LogP contribution in [0.1, 0.15) is 23.2 Å². The lowest BCUT2D eigenvalue weighted by Gasteiger charge is -2.24. The van der Waals surface area contributed by atoms with Crippen molar-refractivity contribution in [1.82, 2.24) is 30.0 Å². The minimum atomic E-state index is -0.262. The largest absolute Gasteiger partial charge is 0.381 e. The summed E-state index contributed by atoms with van der Waals surface area (Å²) in [7, 11) is 1.87. The summed E-state index contributed by atoms with van der Waals surface area (Å²) in [6, 6.07) is 7.88. The Morgan fingerprint density at radius 1 is 1.12 bits per heavy atom. The summed E-state index contributed by atoms with van der Waals surface area (Å²) in [4.78, 5) is 26.1. The van der Waals surface area contributed by atoms with Gasteiger partial charge < -0.3 is 16.0 Å². The summed E-state index contributed by atoms with van der Waals surface area (Å²) in [5.41, 5.74) is 3.81. The topological polar surface area (TPSA) is 110 Å². The number of carbonyl (C=O) groups is 1. The monoisotopic (exact) mass is 428 g/mol. The molecule has 1 aliphatic heterocycles. The van der Waals surface area contributed by atoms with Crippen molar-refractivity contribution in [3.8, 4) is 11.3 Å². The van der Waals surface area contributed by atoms with Crippen LogP contribution in [-0.2, 0) is 7.05 Å². The van der Waals surface area contributed by atoms with Crippen molar-refractivity contribution in [2.45, 2.75) is 18.9 Å². The fourth-order valence-corrected chi connectivity index (χ4v) is 3.83. The Morgan fingerprint density at radius 3 is 2.81 bits per heavy atom. The molecule has 162 valence electrons. The van der Waals surface area contributed by atoms with Gasteiger partial charge in [-0.25, -0.2) is 9.97 Å². The number of pyridine rings is 3. The second-order valence-corrected chi connectivity index (χ2v) is 7.95. The SMILES string of the molecule is Cn1cc(-c2ccc3cnc(NC(=O)c4cncc(NC5CCNCC5)c4)cc3n2)cn1. The highest BCUT2D eigenvalue weighted by Gasteiger charge is 2.14. The molecular weight excluding hydrogens is 404 g/mol. The molecule has 0 aromatic carbocycles. The van der Waals surface area contributed by atoms with E-state index in [9.17, 15) is 4.79 Å². The molecule has 1 fully saturated rings. The van der Waals surface area contributed by atoms with E-state index in [0.717, 1.165) is 53.8 Å². The molecule has 0 saturated carbocycles. The first-order chi connectivity index (χ1) is 15.6. The number of amides is 1. The zero-order valence-corrected chi connectivity index (χ0v) is 17.7. The Morgan fingerprint density at radius 2 is 2.00 bits per heavy atom. The minimum absolute atomic E-state index is 0.262. The second-order valence-electron chi connectivity index (χ2n) is 7.95. The lowest BCUT2D eigenvalue weighted by molar-refractivity contribution is 0.102. The van der Waals surface area contributed by atoms with Crippen molar-refractivity contribution in [3.05, 3.63) is 60.8 Å². The van der Waals surface area contributed by atoms with Gasteiger partial charge in [-0.15, -0.1) is 0 Å². The second kappa shape index (κ2) is 8.72. The molecule has 5 rings (SSSR count). The number of nitrogens with one attached hydrogen (secondary N) is 3.